The Morgan fingerprint density at radius 2 is 1.92 bits per heavy atom. The second-order valence-electron chi connectivity index (χ2n) is 2.65. The van der Waals surface area contributed by atoms with Crippen LogP contribution in [-0.2, 0) is 0 Å². The highest BCUT2D eigenvalue weighted by Gasteiger charge is 2.06. The van der Waals surface area contributed by atoms with E-state index < -0.39 is 11.6 Å². The lowest BCUT2D eigenvalue weighted by Crippen LogP contribution is -1.91. The van der Waals surface area contributed by atoms with Gasteiger partial charge in [-0.15, -0.1) is 0 Å². The summed E-state index contributed by atoms with van der Waals surface area (Å²) in [5, 5.41) is 8.48. The van der Waals surface area contributed by atoms with Gasteiger partial charge in [0.05, 0.1) is 6.61 Å². The third-order valence-electron chi connectivity index (χ3n) is 1.79. The first-order chi connectivity index (χ1) is 6.16. The SMILES string of the molecule is Cc1c(F)ccc(F)c1C=CCO. The van der Waals surface area contributed by atoms with Gasteiger partial charge in [-0.05, 0) is 24.6 Å². The largest absolute Gasteiger partial charge is 0.392 e. The van der Waals surface area contributed by atoms with Gasteiger partial charge in [0.1, 0.15) is 11.6 Å². The molecule has 0 saturated heterocycles. The summed E-state index contributed by atoms with van der Waals surface area (Å²) in [7, 11) is 0. The Morgan fingerprint density at radius 3 is 2.54 bits per heavy atom. The Hall–Kier alpha value is -1.22. The lowest BCUT2D eigenvalue weighted by atomic mass is 10.1. The maximum atomic E-state index is 13.1. The second-order valence-corrected chi connectivity index (χ2v) is 2.65. The fourth-order valence-corrected chi connectivity index (χ4v) is 1.04. The van der Waals surface area contributed by atoms with Gasteiger partial charge in [-0.25, -0.2) is 8.78 Å². The first-order valence-corrected chi connectivity index (χ1v) is 3.89. The minimum Gasteiger partial charge on any atom is -0.392 e. The summed E-state index contributed by atoms with van der Waals surface area (Å²) in [5.41, 5.74) is 0.443. The molecule has 0 heterocycles. The number of rotatable bonds is 2. The highest BCUT2D eigenvalue weighted by Crippen LogP contribution is 2.17. The Labute approximate surface area is 75.3 Å². The van der Waals surface area contributed by atoms with E-state index in [0.29, 0.717) is 0 Å². The van der Waals surface area contributed by atoms with E-state index in [1.807, 2.05) is 0 Å². The molecule has 0 fully saturated rings. The van der Waals surface area contributed by atoms with Crippen LogP contribution in [0.1, 0.15) is 11.1 Å². The van der Waals surface area contributed by atoms with Crippen molar-refractivity contribution in [3.05, 3.63) is 41.0 Å². The summed E-state index contributed by atoms with van der Waals surface area (Å²) in [6.45, 7) is 1.31. The molecule has 3 heteroatoms. The highest BCUT2D eigenvalue weighted by atomic mass is 19.1. The number of halogens is 2. The first-order valence-electron chi connectivity index (χ1n) is 3.89. The zero-order chi connectivity index (χ0) is 9.84. The van der Waals surface area contributed by atoms with E-state index in [4.69, 9.17) is 5.11 Å². The van der Waals surface area contributed by atoms with E-state index in [1.54, 1.807) is 0 Å². The molecule has 0 saturated carbocycles. The van der Waals surface area contributed by atoms with Crippen molar-refractivity contribution in [2.75, 3.05) is 6.61 Å². The summed E-state index contributed by atoms with van der Waals surface area (Å²) in [4.78, 5) is 0. The minimum atomic E-state index is -0.483. The number of benzene rings is 1. The van der Waals surface area contributed by atoms with Crippen molar-refractivity contribution in [3.63, 3.8) is 0 Å². The van der Waals surface area contributed by atoms with Crippen LogP contribution < -0.4 is 0 Å². The average molecular weight is 184 g/mol. The predicted molar refractivity (Wildman–Crippen MR) is 47.2 cm³/mol. The molecular formula is C10H10F2O. The zero-order valence-corrected chi connectivity index (χ0v) is 7.22. The maximum Gasteiger partial charge on any atom is 0.130 e. The molecule has 1 nitrogen and oxygen atoms in total. The Bertz CT molecular complexity index is 332. The molecule has 0 aromatic heterocycles. The van der Waals surface area contributed by atoms with E-state index in [0.717, 1.165) is 12.1 Å². The monoisotopic (exact) mass is 184 g/mol. The molecule has 1 N–H and O–H groups in total. The average Bonchev–Trinajstić information content (AvgIpc) is 2.12. The molecule has 70 valence electrons. The molecule has 1 aromatic carbocycles. The molecule has 13 heavy (non-hydrogen) atoms. The standard InChI is InChI=1S/C10H10F2O/c1-7-8(3-2-6-13)10(12)5-4-9(7)11/h2-5,13H,6H2,1H3. The molecule has 1 aromatic rings. The van der Waals surface area contributed by atoms with E-state index in [1.165, 1.54) is 19.1 Å². The third-order valence-corrected chi connectivity index (χ3v) is 1.79. The Morgan fingerprint density at radius 1 is 1.31 bits per heavy atom. The summed E-state index contributed by atoms with van der Waals surface area (Å²) in [5.74, 6) is -0.928. The highest BCUT2D eigenvalue weighted by molar-refractivity contribution is 5.54. The molecule has 0 aliphatic rings. The summed E-state index contributed by atoms with van der Waals surface area (Å²) in [6.07, 6.45) is 2.73. The van der Waals surface area contributed by atoms with Gasteiger partial charge in [0.15, 0.2) is 0 Å². The topological polar surface area (TPSA) is 20.2 Å². The second kappa shape index (κ2) is 4.14. The van der Waals surface area contributed by atoms with Crippen LogP contribution >= 0.6 is 0 Å². The van der Waals surface area contributed by atoms with Crippen molar-refractivity contribution >= 4 is 6.08 Å². The zero-order valence-electron chi connectivity index (χ0n) is 7.22. The number of hydrogen-bond acceptors (Lipinski definition) is 1. The van der Waals surface area contributed by atoms with Gasteiger partial charge in [-0.1, -0.05) is 12.2 Å². The first kappa shape index (κ1) is 9.86. The summed E-state index contributed by atoms with van der Waals surface area (Å²) < 4.78 is 26.0. The van der Waals surface area contributed by atoms with Crippen LogP contribution in [0.4, 0.5) is 8.78 Å². The smallest absolute Gasteiger partial charge is 0.130 e. The van der Waals surface area contributed by atoms with E-state index in [2.05, 4.69) is 0 Å². The lowest BCUT2D eigenvalue weighted by molar-refractivity contribution is 0.343. The Kier molecular flexibility index (Phi) is 3.14. The molecule has 0 radical (unpaired) electrons. The van der Waals surface area contributed by atoms with Crippen LogP contribution in [0.25, 0.3) is 6.08 Å². The summed E-state index contributed by atoms with van der Waals surface area (Å²) >= 11 is 0. The molecule has 0 spiro atoms. The van der Waals surface area contributed by atoms with Crippen LogP contribution in [0.3, 0.4) is 0 Å². The van der Waals surface area contributed by atoms with Crippen LogP contribution in [0.5, 0.6) is 0 Å². The number of aliphatic hydroxyl groups is 1. The van der Waals surface area contributed by atoms with E-state index in [9.17, 15) is 8.78 Å². The van der Waals surface area contributed by atoms with Gasteiger partial charge in [0.25, 0.3) is 0 Å². The van der Waals surface area contributed by atoms with E-state index >= 15 is 0 Å². The van der Waals surface area contributed by atoms with Gasteiger partial charge in [-0.3, -0.25) is 0 Å². The number of aliphatic hydroxyl groups excluding tert-OH is 1. The van der Waals surface area contributed by atoms with Crippen molar-refractivity contribution in [1.29, 1.82) is 0 Å². The third kappa shape index (κ3) is 2.12. The summed E-state index contributed by atoms with van der Waals surface area (Å²) in [6, 6.07) is 2.15. The van der Waals surface area contributed by atoms with Crippen molar-refractivity contribution in [2.24, 2.45) is 0 Å². The molecule has 0 aliphatic carbocycles. The fraction of sp³-hybridized carbons (Fsp3) is 0.200. The van der Waals surface area contributed by atoms with Crippen molar-refractivity contribution in [1.82, 2.24) is 0 Å². The van der Waals surface area contributed by atoms with Crippen LogP contribution in [0, 0.1) is 18.6 Å². The minimum absolute atomic E-state index is 0.185. The molecule has 0 unspecified atom stereocenters. The van der Waals surface area contributed by atoms with Crippen molar-refractivity contribution in [3.8, 4) is 0 Å². The van der Waals surface area contributed by atoms with E-state index in [-0.39, 0.29) is 17.7 Å². The van der Waals surface area contributed by atoms with Crippen LogP contribution in [0.2, 0.25) is 0 Å². The molecule has 0 aliphatic heterocycles. The quantitative estimate of drug-likeness (QED) is 0.747. The normalized spacial score (nSPS) is 11.1. The van der Waals surface area contributed by atoms with Gasteiger partial charge in [0.2, 0.25) is 0 Å². The number of hydrogen-bond donors (Lipinski definition) is 1. The lowest BCUT2D eigenvalue weighted by Gasteiger charge is -2.02. The molecule has 0 atom stereocenters. The maximum absolute atomic E-state index is 13.1. The Balaban J connectivity index is 3.17. The van der Waals surface area contributed by atoms with Gasteiger partial charge in [0, 0.05) is 5.56 Å². The molecule has 1 rings (SSSR count). The fourth-order valence-electron chi connectivity index (χ4n) is 1.04. The van der Waals surface area contributed by atoms with Crippen LogP contribution in [0.15, 0.2) is 18.2 Å². The van der Waals surface area contributed by atoms with Crippen LogP contribution in [-0.4, -0.2) is 11.7 Å². The van der Waals surface area contributed by atoms with Crippen molar-refractivity contribution < 1.29 is 13.9 Å². The van der Waals surface area contributed by atoms with Crippen molar-refractivity contribution in [2.45, 2.75) is 6.92 Å². The molecule has 0 bridgehead atoms. The molecule has 0 amide bonds. The van der Waals surface area contributed by atoms with Gasteiger partial charge >= 0.3 is 0 Å². The predicted octanol–water partition coefficient (Wildman–Crippen LogP) is 2.28. The van der Waals surface area contributed by atoms with Gasteiger partial charge in [-0.2, -0.15) is 0 Å². The van der Waals surface area contributed by atoms with Gasteiger partial charge < -0.3 is 5.11 Å². The molecular weight excluding hydrogens is 174 g/mol.